The average molecular weight is 315 g/mol. The maximum Gasteiger partial charge on any atom is 0.305 e. The Bertz CT molecular complexity index is 774. The van der Waals surface area contributed by atoms with Gasteiger partial charge in [0.1, 0.15) is 5.58 Å². The van der Waals surface area contributed by atoms with Crippen LogP contribution in [0.15, 0.2) is 52.3 Å². The fourth-order valence-corrected chi connectivity index (χ4v) is 2.99. The smallest absolute Gasteiger partial charge is 0.305 e. The fraction of sp³-hybridized carbons (Fsp3) is 0.125. The number of furan rings is 1. The number of carbonyl (C=O) groups is 2. The van der Waals surface area contributed by atoms with E-state index in [-0.39, 0.29) is 12.2 Å². The number of hydrogen-bond donors (Lipinski definition) is 2. The maximum atomic E-state index is 12.3. The van der Waals surface area contributed by atoms with Gasteiger partial charge in [0.2, 0.25) is 0 Å². The number of aliphatic carboxylic acids is 1. The number of amides is 1. The van der Waals surface area contributed by atoms with E-state index in [1.165, 1.54) is 11.3 Å². The van der Waals surface area contributed by atoms with Crippen LogP contribution in [0, 0.1) is 0 Å². The van der Waals surface area contributed by atoms with Crippen LogP contribution >= 0.6 is 11.3 Å². The highest BCUT2D eigenvalue weighted by Gasteiger charge is 2.21. The Morgan fingerprint density at radius 3 is 2.73 bits per heavy atom. The first-order valence-corrected chi connectivity index (χ1v) is 7.56. The fourth-order valence-electron chi connectivity index (χ4n) is 2.21. The molecule has 2 aromatic heterocycles. The van der Waals surface area contributed by atoms with Crippen molar-refractivity contribution in [3.05, 3.63) is 58.5 Å². The molecule has 1 atom stereocenters. The molecule has 0 aliphatic rings. The molecule has 0 spiro atoms. The number of hydrogen-bond acceptors (Lipinski definition) is 4. The summed E-state index contributed by atoms with van der Waals surface area (Å²) in [6.45, 7) is 0. The highest BCUT2D eigenvalue weighted by atomic mass is 32.1. The van der Waals surface area contributed by atoms with E-state index in [1.54, 1.807) is 18.2 Å². The molecule has 3 aromatic rings. The lowest BCUT2D eigenvalue weighted by atomic mass is 10.1. The van der Waals surface area contributed by atoms with Crippen LogP contribution in [-0.2, 0) is 4.79 Å². The summed E-state index contributed by atoms with van der Waals surface area (Å²) >= 11 is 1.41. The number of carbonyl (C=O) groups excluding carboxylic acids is 1. The molecule has 0 aliphatic heterocycles. The summed E-state index contributed by atoms with van der Waals surface area (Å²) in [6, 6.07) is 12.0. The molecule has 22 heavy (non-hydrogen) atoms. The van der Waals surface area contributed by atoms with Gasteiger partial charge in [-0.05, 0) is 23.6 Å². The van der Waals surface area contributed by atoms with Crippen molar-refractivity contribution in [2.24, 2.45) is 0 Å². The van der Waals surface area contributed by atoms with Crippen molar-refractivity contribution >= 4 is 34.2 Å². The zero-order chi connectivity index (χ0) is 15.5. The number of para-hydroxylation sites is 1. The Kier molecular flexibility index (Phi) is 3.93. The summed E-state index contributed by atoms with van der Waals surface area (Å²) in [7, 11) is 0. The number of benzene rings is 1. The lowest BCUT2D eigenvalue weighted by Gasteiger charge is -2.14. The van der Waals surface area contributed by atoms with E-state index in [0.717, 1.165) is 10.3 Å². The largest absolute Gasteiger partial charge is 0.481 e. The summed E-state index contributed by atoms with van der Waals surface area (Å²) in [4.78, 5) is 24.1. The minimum Gasteiger partial charge on any atom is -0.481 e. The normalized spacial score (nSPS) is 12.2. The number of nitrogens with one attached hydrogen (secondary N) is 1. The molecule has 2 heterocycles. The van der Waals surface area contributed by atoms with Crippen LogP contribution in [0.3, 0.4) is 0 Å². The van der Waals surface area contributed by atoms with Crippen molar-refractivity contribution in [2.45, 2.75) is 12.5 Å². The molecule has 6 heteroatoms. The summed E-state index contributed by atoms with van der Waals surface area (Å²) in [5, 5.41) is 14.4. The quantitative estimate of drug-likeness (QED) is 0.756. The van der Waals surface area contributed by atoms with Gasteiger partial charge in [-0.2, -0.15) is 0 Å². The third-order valence-corrected chi connectivity index (χ3v) is 4.21. The van der Waals surface area contributed by atoms with Gasteiger partial charge in [0.05, 0.1) is 12.5 Å². The molecule has 1 aromatic carbocycles. The molecule has 2 N–H and O–H groups in total. The molecule has 112 valence electrons. The van der Waals surface area contributed by atoms with E-state index in [2.05, 4.69) is 5.32 Å². The third-order valence-electron chi connectivity index (χ3n) is 3.22. The van der Waals surface area contributed by atoms with Crippen molar-refractivity contribution in [3.8, 4) is 0 Å². The molecule has 0 aliphatic carbocycles. The SMILES string of the molecule is O=C(O)C[C@@H](NC(=O)c1cc2ccccc2o1)c1cccs1. The highest BCUT2D eigenvalue weighted by Crippen LogP contribution is 2.24. The van der Waals surface area contributed by atoms with Gasteiger partial charge in [0, 0.05) is 10.3 Å². The van der Waals surface area contributed by atoms with E-state index < -0.39 is 17.9 Å². The van der Waals surface area contributed by atoms with Gasteiger partial charge in [0.15, 0.2) is 5.76 Å². The highest BCUT2D eigenvalue weighted by molar-refractivity contribution is 7.10. The Hall–Kier alpha value is -2.60. The first kappa shape index (κ1) is 14.3. The Morgan fingerprint density at radius 2 is 2.05 bits per heavy atom. The van der Waals surface area contributed by atoms with Gasteiger partial charge in [-0.3, -0.25) is 9.59 Å². The predicted octanol–water partition coefficient (Wildman–Crippen LogP) is 3.44. The van der Waals surface area contributed by atoms with Crippen LogP contribution in [0.2, 0.25) is 0 Å². The van der Waals surface area contributed by atoms with Crippen molar-refractivity contribution in [1.82, 2.24) is 5.32 Å². The lowest BCUT2D eigenvalue weighted by Crippen LogP contribution is -2.29. The second-order valence-corrected chi connectivity index (χ2v) is 5.77. The van der Waals surface area contributed by atoms with Crippen molar-refractivity contribution in [3.63, 3.8) is 0 Å². The second kappa shape index (κ2) is 6.03. The van der Waals surface area contributed by atoms with Gasteiger partial charge in [-0.15, -0.1) is 11.3 Å². The van der Waals surface area contributed by atoms with E-state index in [1.807, 2.05) is 29.6 Å². The molecular weight excluding hydrogens is 302 g/mol. The summed E-state index contributed by atoms with van der Waals surface area (Å²) < 4.78 is 5.50. The van der Waals surface area contributed by atoms with Gasteiger partial charge in [0.25, 0.3) is 5.91 Å². The summed E-state index contributed by atoms with van der Waals surface area (Å²) in [5.74, 6) is -1.22. The van der Waals surface area contributed by atoms with E-state index >= 15 is 0 Å². The third kappa shape index (κ3) is 3.01. The topological polar surface area (TPSA) is 79.5 Å². The Morgan fingerprint density at radius 1 is 1.23 bits per heavy atom. The minimum absolute atomic E-state index is 0.174. The molecule has 3 rings (SSSR count). The molecular formula is C16H13NO4S. The number of carboxylic acid groups (broad SMARTS) is 1. The first-order valence-electron chi connectivity index (χ1n) is 6.68. The van der Waals surface area contributed by atoms with Gasteiger partial charge in [-0.25, -0.2) is 0 Å². The number of thiophene rings is 1. The van der Waals surface area contributed by atoms with Gasteiger partial charge >= 0.3 is 5.97 Å². The van der Waals surface area contributed by atoms with Crippen LogP contribution in [0.25, 0.3) is 11.0 Å². The van der Waals surface area contributed by atoms with Crippen molar-refractivity contribution in [1.29, 1.82) is 0 Å². The summed E-state index contributed by atoms with van der Waals surface area (Å²) in [5.41, 5.74) is 0.624. The Balaban J connectivity index is 1.82. The maximum absolute atomic E-state index is 12.3. The van der Waals surface area contributed by atoms with Crippen molar-refractivity contribution < 1.29 is 19.1 Å². The van der Waals surface area contributed by atoms with Crippen LogP contribution < -0.4 is 5.32 Å². The van der Waals surface area contributed by atoms with E-state index in [0.29, 0.717) is 5.58 Å². The minimum atomic E-state index is -0.969. The summed E-state index contributed by atoms with van der Waals surface area (Å²) in [6.07, 6.45) is -0.174. The predicted molar refractivity (Wildman–Crippen MR) is 83.0 cm³/mol. The zero-order valence-electron chi connectivity index (χ0n) is 11.5. The van der Waals surface area contributed by atoms with Crippen LogP contribution in [0.5, 0.6) is 0 Å². The molecule has 0 saturated heterocycles. The molecule has 5 nitrogen and oxygen atoms in total. The zero-order valence-corrected chi connectivity index (χ0v) is 12.3. The van der Waals surface area contributed by atoms with Crippen LogP contribution in [0.1, 0.15) is 27.9 Å². The molecule has 0 radical (unpaired) electrons. The van der Waals surface area contributed by atoms with Crippen molar-refractivity contribution in [2.75, 3.05) is 0 Å². The average Bonchev–Trinajstić information content (AvgIpc) is 3.15. The van der Waals surface area contributed by atoms with E-state index in [9.17, 15) is 9.59 Å². The van der Waals surface area contributed by atoms with Gasteiger partial charge in [-0.1, -0.05) is 24.3 Å². The van der Waals surface area contributed by atoms with Crippen LogP contribution in [-0.4, -0.2) is 17.0 Å². The van der Waals surface area contributed by atoms with E-state index in [4.69, 9.17) is 9.52 Å². The van der Waals surface area contributed by atoms with Crippen LogP contribution in [0.4, 0.5) is 0 Å². The first-order chi connectivity index (χ1) is 10.6. The molecule has 0 fully saturated rings. The second-order valence-electron chi connectivity index (χ2n) is 4.79. The molecule has 0 bridgehead atoms. The molecule has 0 saturated carbocycles. The number of fused-ring (bicyclic) bond motifs is 1. The lowest BCUT2D eigenvalue weighted by molar-refractivity contribution is -0.137. The molecule has 0 unspecified atom stereocenters. The number of rotatable bonds is 5. The molecule has 1 amide bonds. The monoisotopic (exact) mass is 315 g/mol. The van der Waals surface area contributed by atoms with Gasteiger partial charge < -0.3 is 14.8 Å². The number of carboxylic acids is 1. The standard InChI is InChI=1S/C16H13NO4S/c18-15(19)9-11(14-6-3-7-22-14)17-16(20)13-8-10-4-1-2-5-12(10)21-13/h1-8,11H,9H2,(H,17,20)(H,18,19)/t11-/m1/s1. The Labute approximate surface area is 130 Å².